The molecule has 1 fully saturated rings. The van der Waals surface area contributed by atoms with Crippen LogP contribution in [0.1, 0.15) is 5.56 Å². The molecule has 0 aromatic heterocycles. The molecule has 1 atom stereocenters. The standard InChI is InChI=1S/C13H18N2O3.ClH/c16-13(15-9-12-8-14-6-7-17-12)18-10-11-4-2-1-3-5-11;/h1-5,12,14H,6-10H2,(H,15,16);1H/t12-;/m0./s1. The number of benzene rings is 1. The van der Waals surface area contributed by atoms with Crippen molar-refractivity contribution in [2.24, 2.45) is 0 Å². The van der Waals surface area contributed by atoms with E-state index in [1.54, 1.807) is 0 Å². The number of halogens is 1. The Labute approximate surface area is 119 Å². The number of alkyl carbamates (subject to hydrolysis) is 1. The Morgan fingerprint density at radius 1 is 1.42 bits per heavy atom. The number of ether oxygens (including phenoxy) is 2. The van der Waals surface area contributed by atoms with Gasteiger partial charge in [-0.2, -0.15) is 0 Å². The highest BCUT2D eigenvalue weighted by molar-refractivity contribution is 5.85. The van der Waals surface area contributed by atoms with Crippen LogP contribution in [0, 0.1) is 0 Å². The first-order valence-corrected chi connectivity index (χ1v) is 6.11. The maximum absolute atomic E-state index is 11.4. The molecule has 1 aromatic rings. The molecule has 0 saturated carbocycles. The number of carbonyl (C=O) groups is 1. The highest BCUT2D eigenvalue weighted by Crippen LogP contribution is 2.00. The molecule has 0 bridgehead atoms. The van der Waals surface area contributed by atoms with E-state index < -0.39 is 6.09 Å². The van der Waals surface area contributed by atoms with Gasteiger partial charge in [-0.05, 0) is 5.56 Å². The van der Waals surface area contributed by atoms with E-state index >= 15 is 0 Å². The Morgan fingerprint density at radius 2 is 2.21 bits per heavy atom. The van der Waals surface area contributed by atoms with E-state index in [0.717, 1.165) is 18.7 Å². The molecule has 106 valence electrons. The van der Waals surface area contributed by atoms with Crippen LogP contribution in [0.15, 0.2) is 30.3 Å². The van der Waals surface area contributed by atoms with E-state index in [2.05, 4.69) is 10.6 Å². The predicted octanol–water partition coefficient (Wildman–Crippen LogP) is 1.32. The van der Waals surface area contributed by atoms with Gasteiger partial charge in [0.25, 0.3) is 0 Å². The molecule has 0 spiro atoms. The fraction of sp³-hybridized carbons (Fsp3) is 0.462. The summed E-state index contributed by atoms with van der Waals surface area (Å²) in [7, 11) is 0. The van der Waals surface area contributed by atoms with Crippen LogP contribution in [0.2, 0.25) is 0 Å². The third-order valence-electron chi connectivity index (χ3n) is 2.69. The van der Waals surface area contributed by atoms with E-state index in [4.69, 9.17) is 9.47 Å². The van der Waals surface area contributed by atoms with Crippen molar-refractivity contribution in [3.8, 4) is 0 Å². The lowest BCUT2D eigenvalue weighted by molar-refractivity contribution is 0.0281. The van der Waals surface area contributed by atoms with Crippen molar-refractivity contribution in [2.75, 3.05) is 26.2 Å². The van der Waals surface area contributed by atoms with Gasteiger partial charge in [-0.15, -0.1) is 12.4 Å². The van der Waals surface area contributed by atoms with Gasteiger partial charge in [-0.1, -0.05) is 30.3 Å². The van der Waals surface area contributed by atoms with E-state index in [1.807, 2.05) is 30.3 Å². The third kappa shape index (κ3) is 5.92. The second kappa shape index (κ2) is 8.74. The average Bonchev–Trinajstić information content (AvgIpc) is 2.45. The van der Waals surface area contributed by atoms with E-state index in [1.165, 1.54) is 0 Å². The van der Waals surface area contributed by atoms with Gasteiger partial charge in [0.15, 0.2) is 0 Å². The molecule has 0 aliphatic carbocycles. The smallest absolute Gasteiger partial charge is 0.407 e. The van der Waals surface area contributed by atoms with Crippen molar-refractivity contribution in [3.63, 3.8) is 0 Å². The largest absolute Gasteiger partial charge is 0.445 e. The molecule has 2 rings (SSSR count). The van der Waals surface area contributed by atoms with Crippen molar-refractivity contribution < 1.29 is 14.3 Å². The van der Waals surface area contributed by atoms with Gasteiger partial charge >= 0.3 is 6.09 Å². The summed E-state index contributed by atoms with van der Waals surface area (Å²) in [6, 6.07) is 9.59. The quantitative estimate of drug-likeness (QED) is 0.876. The summed E-state index contributed by atoms with van der Waals surface area (Å²) in [5.41, 5.74) is 0.975. The fourth-order valence-corrected chi connectivity index (χ4v) is 1.72. The van der Waals surface area contributed by atoms with E-state index in [9.17, 15) is 4.79 Å². The van der Waals surface area contributed by atoms with Gasteiger partial charge in [0.05, 0.1) is 12.7 Å². The molecular weight excluding hydrogens is 268 g/mol. The molecule has 6 heteroatoms. The number of carbonyl (C=O) groups excluding carboxylic acids is 1. The lowest BCUT2D eigenvalue weighted by atomic mass is 10.2. The molecule has 5 nitrogen and oxygen atoms in total. The van der Waals surface area contributed by atoms with Crippen LogP contribution >= 0.6 is 12.4 Å². The Kier molecular flexibility index (Phi) is 7.25. The molecular formula is C13H19ClN2O3. The second-order valence-electron chi connectivity index (χ2n) is 4.14. The first kappa shape index (κ1) is 15.8. The van der Waals surface area contributed by atoms with Gasteiger partial charge < -0.3 is 20.1 Å². The molecule has 1 aromatic carbocycles. The summed E-state index contributed by atoms with van der Waals surface area (Å²) < 4.78 is 10.6. The molecule has 1 aliphatic heterocycles. The van der Waals surface area contributed by atoms with Crippen LogP contribution in [-0.4, -0.2) is 38.4 Å². The molecule has 0 unspecified atom stereocenters. The Morgan fingerprint density at radius 3 is 2.89 bits per heavy atom. The minimum Gasteiger partial charge on any atom is -0.445 e. The lowest BCUT2D eigenvalue weighted by Gasteiger charge is -2.23. The molecule has 1 amide bonds. The zero-order valence-electron chi connectivity index (χ0n) is 10.6. The minimum absolute atomic E-state index is 0. The highest BCUT2D eigenvalue weighted by atomic mass is 35.5. The maximum atomic E-state index is 11.4. The topological polar surface area (TPSA) is 59.6 Å². The summed E-state index contributed by atoms with van der Waals surface area (Å²) >= 11 is 0. The number of morpholine rings is 1. The van der Waals surface area contributed by atoms with Gasteiger partial charge in [0, 0.05) is 19.6 Å². The summed E-state index contributed by atoms with van der Waals surface area (Å²) in [5.74, 6) is 0. The van der Waals surface area contributed by atoms with Crippen molar-refractivity contribution in [3.05, 3.63) is 35.9 Å². The lowest BCUT2D eigenvalue weighted by Crippen LogP contribution is -2.45. The average molecular weight is 287 g/mol. The third-order valence-corrected chi connectivity index (χ3v) is 2.69. The molecule has 2 N–H and O–H groups in total. The van der Waals surface area contributed by atoms with Gasteiger partial charge in [0.1, 0.15) is 6.61 Å². The number of nitrogens with one attached hydrogen (secondary N) is 2. The van der Waals surface area contributed by atoms with Crippen molar-refractivity contribution in [2.45, 2.75) is 12.7 Å². The Hall–Kier alpha value is -1.30. The fourth-order valence-electron chi connectivity index (χ4n) is 1.72. The van der Waals surface area contributed by atoms with Crippen LogP contribution in [-0.2, 0) is 16.1 Å². The Bertz CT molecular complexity index is 369. The predicted molar refractivity (Wildman–Crippen MR) is 74.5 cm³/mol. The summed E-state index contributed by atoms with van der Waals surface area (Å²) in [5, 5.41) is 5.90. The zero-order valence-corrected chi connectivity index (χ0v) is 11.4. The van der Waals surface area contributed by atoms with E-state index in [-0.39, 0.29) is 25.1 Å². The first-order valence-electron chi connectivity index (χ1n) is 6.11. The number of hydrogen-bond acceptors (Lipinski definition) is 4. The zero-order chi connectivity index (χ0) is 12.6. The second-order valence-corrected chi connectivity index (χ2v) is 4.14. The summed E-state index contributed by atoms with van der Waals surface area (Å²) in [6.07, 6.45) is -0.379. The van der Waals surface area contributed by atoms with Gasteiger partial charge in [-0.3, -0.25) is 0 Å². The number of rotatable bonds is 4. The van der Waals surface area contributed by atoms with Crippen molar-refractivity contribution >= 4 is 18.5 Å². The van der Waals surface area contributed by atoms with Crippen LogP contribution in [0.5, 0.6) is 0 Å². The first-order chi connectivity index (χ1) is 8.84. The molecule has 1 heterocycles. The molecule has 1 saturated heterocycles. The van der Waals surface area contributed by atoms with Crippen LogP contribution < -0.4 is 10.6 Å². The monoisotopic (exact) mass is 286 g/mol. The summed E-state index contributed by atoms with van der Waals surface area (Å²) in [6.45, 7) is 3.08. The molecule has 0 radical (unpaired) electrons. The number of amides is 1. The van der Waals surface area contributed by atoms with Crippen LogP contribution in [0.4, 0.5) is 4.79 Å². The normalized spacial score (nSPS) is 18.2. The van der Waals surface area contributed by atoms with Crippen LogP contribution in [0.3, 0.4) is 0 Å². The molecule has 19 heavy (non-hydrogen) atoms. The number of hydrogen-bond donors (Lipinski definition) is 2. The SMILES string of the molecule is Cl.O=C(NC[C@@H]1CNCCO1)OCc1ccccc1. The van der Waals surface area contributed by atoms with Crippen molar-refractivity contribution in [1.29, 1.82) is 0 Å². The molecule has 1 aliphatic rings. The van der Waals surface area contributed by atoms with Gasteiger partial charge in [-0.25, -0.2) is 4.79 Å². The van der Waals surface area contributed by atoms with Crippen molar-refractivity contribution in [1.82, 2.24) is 10.6 Å². The van der Waals surface area contributed by atoms with Gasteiger partial charge in [0.2, 0.25) is 0 Å². The minimum atomic E-state index is -0.409. The summed E-state index contributed by atoms with van der Waals surface area (Å²) in [4.78, 5) is 11.4. The maximum Gasteiger partial charge on any atom is 0.407 e. The van der Waals surface area contributed by atoms with Crippen LogP contribution in [0.25, 0.3) is 0 Å². The van der Waals surface area contributed by atoms with E-state index in [0.29, 0.717) is 13.2 Å². The Balaban J connectivity index is 0.00000180. The highest BCUT2D eigenvalue weighted by Gasteiger charge is 2.14.